The van der Waals surface area contributed by atoms with Crippen LogP contribution in [0.15, 0.2) is 16.6 Å². The number of nitrogens with one attached hydrogen (secondary N) is 1. The predicted molar refractivity (Wildman–Crippen MR) is 80.1 cm³/mol. The molecule has 5 heteroatoms. The molecular formula is C16H18BrF2NO. The third-order valence-electron chi connectivity index (χ3n) is 4.74. The Labute approximate surface area is 131 Å². The molecule has 2 nitrogen and oxygen atoms in total. The van der Waals surface area contributed by atoms with Crippen LogP contribution in [0, 0.1) is 17.6 Å². The van der Waals surface area contributed by atoms with Crippen molar-refractivity contribution in [2.24, 2.45) is 5.92 Å². The first-order valence-electron chi connectivity index (χ1n) is 7.47. The summed E-state index contributed by atoms with van der Waals surface area (Å²) in [4.78, 5) is 12.4. The smallest absolute Gasteiger partial charge is 0.154 e. The minimum atomic E-state index is -0.668. The van der Waals surface area contributed by atoms with Gasteiger partial charge in [-0.3, -0.25) is 4.79 Å². The Bertz CT molecular complexity index is 549. The molecule has 21 heavy (non-hydrogen) atoms. The number of ketones is 1. The summed E-state index contributed by atoms with van der Waals surface area (Å²) < 4.78 is 27.9. The van der Waals surface area contributed by atoms with Gasteiger partial charge in [0.25, 0.3) is 0 Å². The van der Waals surface area contributed by atoms with E-state index in [-0.39, 0.29) is 28.3 Å². The summed E-state index contributed by atoms with van der Waals surface area (Å²) >= 11 is 3.03. The predicted octanol–water partition coefficient (Wildman–Crippen LogP) is 3.76. The molecule has 1 saturated carbocycles. The molecule has 2 fully saturated rings. The molecule has 1 aliphatic heterocycles. The van der Waals surface area contributed by atoms with Crippen LogP contribution in [0.3, 0.4) is 0 Å². The Hall–Kier alpha value is -0.810. The Balaban J connectivity index is 1.71. The fraction of sp³-hybridized carbons (Fsp3) is 0.562. The van der Waals surface area contributed by atoms with Crippen molar-refractivity contribution in [3.63, 3.8) is 0 Å². The number of halogens is 3. The van der Waals surface area contributed by atoms with Crippen LogP contribution >= 0.6 is 15.9 Å². The van der Waals surface area contributed by atoms with Gasteiger partial charge < -0.3 is 5.32 Å². The molecule has 1 aliphatic carbocycles. The van der Waals surface area contributed by atoms with E-state index in [4.69, 9.17) is 0 Å². The van der Waals surface area contributed by atoms with E-state index in [1.807, 2.05) is 0 Å². The van der Waals surface area contributed by atoms with E-state index in [0.717, 1.165) is 19.3 Å². The van der Waals surface area contributed by atoms with Gasteiger partial charge in [0, 0.05) is 18.0 Å². The third kappa shape index (κ3) is 3.04. The van der Waals surface area contributed by atoms with Crippen LogP contribution in [0.2, 0.25) is 0 Å². The molecule has 1 heterocycles. The van der Waals surface area contributed by atoms with Gasteiger partial charge in [-0.25, -0.2) is 8.78 Å². The number of hydrogen-bond acceptors (Lipinski definition) is 2. The lowest BCUT2D eigenvalue weighted by Crippen LogP contribution is -2.38. The van der Waals surface area contributed by atoms with E-state index >= 15 is 0 Å². The number of Topliss-reactive ketones (excluding diaryl/α,β-unsaturated/α-hetero) is 1. The van der Waals surface area contributed by atoms with Gasteiger partial charge in [-0.2, -0.15) is 0 Å². The average molecular weight is 358 g/mol. The normalized spacial score (nSPS) is 28.4. The molecule has 1 aromatic carbocycles. The van der Waals surface area contributed by atoms with Crippen molar-refractivity contribution in [2.45, 2.75) is 50.6 Å². The number of hydrogen-bond donors (Lipinski definition) is 1. The van der Waals surface area contributed by atoms with Crippen molar-refractivity contribution < 1.29 is 13.6 Å². The molecule has 3 unspecified atom stereocenters. The number of carbonyl (C=O) groups excluding carboxylic acids is 1. The van der Waals surface area contributed by atoms with Crippen LogP contribution in [0.25, 0.3) is 0 Å². The van der Waals surface area contributed by atoms with Crippen molar-refractivity contribution in [3.05, 3.63) is 33.8 Å². The van der Waals surface area contributed by atoms with Crippen LogP contribution in [0.1, 0.15) is 37.7 Å². The summed E-state index contributed by atoms with van der Waals surface area (Å²) in [5.41, 5.74) is -0.133. The Morgan fingerprint density at radius 3 is 2.81 bits per heavy atom. The van der Waals surface area contributed by atoms with Crippen molar-refractivity contribution in [2.75, 3.05) is 0 Å². The van der Waals surface area contributed by atoms with Crippen LogP contribution in [-0.4, -0.2) is 17.9 Å². The zero-order chi connectivity index (χ0) is 15.0. The first-order valence-corrected chi connectivity index (χ1v) is 8.26. The summed E-state index contributed by atoms with van der Waals surface area (Å²) in [5, 5.41) is 3.36. The Kier molecular flexibility index (Phi) is 4.41. The zero-order valence-corrected chi connectivity index (χ0v) is 13.3. The molecule has 0 radical (unpaired) electrons. The standard InChI is InChI=1S/C16H18BrF2NO/c17-11-5-6-12(18)10(16(11)19)8-15(21)14-7-9-3-1-2-4-13(9)20-14/h5-6,9,13-14,20H,1-4,7-8H2. The van der Waals surface area contributed by atoms with Crippen molar-refractivity contribution >= 4 is 21.7 Å². The molecule has 0 amide bonds. The van der Waals surface area contributed by atoms with Gasteiger partial charge in [-0.15, -0.1) is 0 Å². The minimum absolute atomic E-state index is 0.111. The summed E-state index contributed by atoms with van der Waals surface area (Å²) in [6.07, 6.45) is 5.30. The topological polar surface area (TPSA) is 29.1 Å². The largest absolute Gasteiger partial charge is 0.304 e. The fourth-order valence-electron chi connectivity index (χ4n) is 3.59. The molecule has 0 bridgehead atoms. The number of carbonyl (C=O) groups is 1. The van der Waals surface area contributed by atoms with Gasteiger partial charge in [0.05, 0.1) is 10.5 Å². The second-order valence-corrected chi connectivity index (χ2v) is 6.93. The van der Waals surface area contributed by atoms with Gasteiger partial charge in [-0.05, 0) is 53.2 Å². The quantitative estimate of drug-likeness (QED) is 0.834. The highest BCUT2D eigenvalue weighted by Crippen LogP contribution is 2.34. The maximum Gasteiger partial charge on any atom is 0.154 e. The molecule has 3 atom stereocenters. The van der Waals surface area contributed by atoms with Crippen LogP contribution < -0.4 is 5.32 Å². The van der Waals surface area contributed by atoms with E-state index in [9.17, 15) is 13.6 Å². The lowest BCUT2D eigenvalue weighted by Gasteiger charge is -2.24. The Morgan fingerprint density at radius 2 is 2.05 bits per heavy atom. The van der Waals surface area contributed by atoms with E-state index in [1.165, 1.54) is 25.0 Å². The first kappa shape index (κ1) is 15.1. The van der Waals surface area contributed by atoms with Gasteiger partial charge in [0.2, 0.25) is 0 Å². The monoisotopic (exact) mass is 357 g/mol. The van der Waals surface area contributed by atoms with Crippen LogP contribution in [0.4, 0.5) is 8.78 Å². The highest BCUT2D eigenvalue weighted by atomic mass is 79.9. The molecule has 0 aromatic heterocycles. The molecule has 114 valence electrons. The van der Waals surface area contributed by atoms with Crippen molar-refractivity contribution in [1.82, 2.24) is 5.32 Å². The van der Waals surface area contributed by atoms with E-state index in [0.29, 0.717) is 12.0 Å². The zero-order valence-electron chi connectivity index (χ0n) is 11.7. The van der Waals surface area contributed by atoms with Gasteiger partial charge >= 0.3 is 0 Å². The van der Waals surface area contributed by atoms with Crippen molar-refractivity contribution in [1.29, 1.82) is 0 Å². The summed E-state index contributed by atoms with van der Waals surface area (Å²) in [7, 11) is 0. The second-order valence-electron chi connectivity index (χ2n) is 6.07. The second kappa shape index (κ2) is 6.13. The molecule has 3 rings (SSSR count). The molecular weight excluding hydrogens is 340 g/mol. The lowest BCUT2D eigenvalue weighted by molar-refractivity contribution is -0.120. The summed E-state index contributed by atoms with van der Waals surface area (Å²) in [5.74, 6) is -0.886. The van der Waals surface area contributed by atoms with E-state index in [2.05, 4.69) is 21.2 Å². The lowest BCUT2D eigenvalue weighted by atomic mass is 9.84. The maximum absolute atomic E-state index is 13.9. The first-order chi connectivity index (χ1) is 10.1. The van der Waals surface area contributed by atoms with Crippen LogP contribution in [-0.2, 0) is 11.2 Å². The van der Waals surface area contributed by atoms with Gasteiger partial charge in [0.15, 0.2) is 5.78 Å². The third-order valence-corrected chi connectivity index (χ3v) is 5.35. The summed E-state index contributed by atoms with van der Waals surface area (Å²) in [6.45, 7) is 0. The SMILES string of the molecule is O=C(Cc1c(F)ccc(Br)c1F)C1CC2CCCCC2N1. The van der Waals surface area contributed by atoms with Gasteiger partial charge in [0.1, 0.15) is 11.6 Å². The van der Waals surface area contributed by atoms with E-state index in [1.54, 1.807) is 0 Å². The number of rotatable bonds is 3. The average Bonchev–Trinajstić information content (AvgIpc) is 2.91. The number of fused-ring (bicyclic) bond motifs is 1. The van der Waals surface area contributed by atoms with Crippen LogP contribution in [0.5, 0.6) is 0 Å². The highest BCUT2D eigenvalue weighted by molar-refractivity contribution is 9.10. The fourth-order valence-corrected chi connectivity index (χ4v) is 3.96. The molecule has 1 saturated heterocycles. The molecule has 1 aromatic rings. The Morgan fingerprint density at radius 1 is 1.29 bits per heavy atom. The highest BCUT2D eigenvalue weighted by Gasteiger charge is 2.38. The maximum atomic E-state index is 13.9. The van der Waals surface area contributed by atoms with E-state index < -0.39 is 11.6 Å². The number of benzene rings is 1. The molecule has 0 spiro atoms. The molecule has 2 aliphatic rings. The molecule has 1 N–H and O–H groups in total. The summed E-state index contributed by atoms with van der Waals surface area (Å²) in [6, 6.07) is 2.67. The van der Waals surface area contributed by atoms with Crippen molar-refractivity contribution in [3.8, 4) is 0 Å². The van der Waals surface area contributed by atoms with Gasteiger partial charge in [-0.1, -0.05) is 12.8 Å². The minimum Gasteiger partial charge on any atom is -0.304 e.